The van der Waals surface area contributed by atoms with Crippen molar-refractivity contribution in [1.82, 2.24) is 0 Å². The van der Waals surface area contributed by atoms with E-state index in [-0.39, 0.29) is 18.4 Å². The van der Waals surface area contributed by atoms with Crippen molar-refractivity contribution in [1.29, 1.82) is 0 Å². The van der Waals surface area contributed by atoms with Gasteiger partial charge in [0, 0.05) is 10.5 Å². The van der Waals surface area contributed by atoms with Gasteiger partial charge in [-0.05, 0) is 37.1 Å². The Labute approximate surface area is 109 Å². The molecule has 5 heteroatoms. The molecule has 1 aromatic rings. The first-order valence-corrected chi connectivity index (χ1v) is 6.23. The van der Waals surface area contributed by atoms with Gasteiger partial charge in [-0.2, -0.15) is 0 Å². The molecule has 0 aliphatic heterocycles. The van der Waals surface area contributed by atoms with E-state index in [2.05, 4.69) is 15.9 Å². The second-order valence-corrected chi connectivity index (χ2v) is 4.85. The molecule has 0 radical (unpaired) electrons. The van der Waals surface area contributed by atoms with Gasteiger partial charge in [0.05, 0.1) is 13.0 Å². The molecular weight excluding hydrogens is 284 g/mol. The van der Waals surface area contributed by atoms with Crippen LogP contribution in [0.1, 0.15) is 18.9 Å². The van der Waals surface area contributed by atoms with Crippen LogP contribution in [0, 0.1) is 0 Å². The first kappa shape index (κ1) is 14.0. The molecular formula is C12H17BrN2O2. The number of amides is 1. The lowest BCUT2D eigenvalue weighted by Crippen LogP contribution is -2.18. The number of rotatable bonds is 6. The van der Waals surface area contributed by atoms with Crippen LogP contribution in [-0.4, -0.2) is 18.6 Å². The van der Waals surface area contributed by atoms with E-state index in [0.29, 0.717) is 6.61 Å². The van der Waals surface area contributed by atoms with E-state index in [1.54, 1.807) is 0 Å². The van der Waals surface area contributed by atoms with Gasteiger partial charge in [-0.1, -0.05) is 15.9 Å². The van der Waals surface area contributed by atoms with Crippen molar-refractivity contribution in [3.8, 4) is 5.75 Å². The summed E-state index contributed by atoms with van der Waals surface area (Å²) in [6.07, 6.45) is 0.992. The molecule has 0 aliphatic rings. The Bertz CT molecular complexity index is 394. The van der Waals surface area contributed by atoms with E-state index in [4.69, 9.17) is 16.2 Å². The standard InChI is InChI=1S/C12H17BrN2O2/c1-8(14)6-9-7-10(2-3-11(9)13)17-5-4-12(15)16/h2-3,7-8H,4-6,14H2,1H3,(H2,15,16). The first-order valence-electron chi connectivity index (χ1n) is 5.44. The van der Waals surface area contributed by atoms with E-state index in [1.807, 2.05) is 25.1 Å². The molecule has 94 valence electrons. The predicted octanol–water partition coefficient (Wildman–Crippen LogP) is 1.59. The van der Waals surface area contributed by atoms with Crippen molar-refractivity contribution in [3.63, 3.8) is 0 Å². The maximum Gasteiger partial charge on any atom is 0.220 e. The van der Waals surface area contributed by atoms with Crippen molar-refractivity contribution in [2.75, 3.05) is 6.61 Å². The lowest BCUT2D eigenvalue weighted by molar-refractivity contribution is -0.118. The summed E-state index contributed by atoms with van der Waals surface area (Å²) in [4.78, 5) is 10.6. The Hall–Kier alpha value is -1.07. The van der Waals surface area contributed by atoms with Crippen molar-refractivity contribution < 1.29 is 9.53 Å². The largest absolute Gasteiger partial charge is 0.493 e. The molecule has 0 aliphatic carbocycles. The lowest BCUT2D eigenvalue weighted by Gasteiger charge is -2.11. The highest BCUT2D eigenvalue weighted by molar-refractivity contribution is 9.10. The number of hydrogen-bond donors (Lipinski definition) is 2. The van der Waals surface area contributed by atoms with Crippen LogP contribution in [0.25, 0.3) is 0 Å². The lowest BCUT2D eigenvalue weighted by atomic mass is 10.1. The average molecular weight is 301 g/mol. The molecule has 1 amide bonds. The van der Waals surface area contributed by atoms with Crippen molar-refractivity contribution in [3.05, 3.63) is 28.2 Å². The third-order valence-corrected chi connectivity index (χ3v) is 2.95. The van der Waals surface area contributed by atoms with Gasteiger partial charge in [0.25, 0.3) is 0 Å². The predicted molar refractivity (Wildman–Crippen MR) is 70.8 cm³/mol. The summed E-state index contributed by atoms with van der Waals surface area (Å²) in [5, 5.41) is 0. The topological polar surface area (TPSA) is 78.3 Å². The molecule has 0 spiro atoms. The minimum Gasteiger partial charge on any atom is -0.493 e. The van der Waals surface area contributed by atoms with Crippen LogP contribution in [0.3, 0.4) is 0 Å². The minimum atomic E-state index is -0.363. The highest BCUT2D eigenvalue weighted by Gasteiger charge is 2.05. The molecule has 0 saturated heterocycles. The van der Waals surface area contributed by atoms with Gasteiger partial charge in [-0.25, -0.2) is 0 Å². The molecule has 0 heterocycles. The van der Waals surface area contributed by atoms with Crippen LogP contribution in [0.4, 0.5) is 0 Å². The van der Waals surface area contributed by atoms with Crippen molar-refractivity contribution in [2.24, 2.45) is 11.5 Å². The van der Waals surface area contributed by atoms with Gasteiger partial charge in [0.15, 0.2) is 0 Å². The first-order chi connectivity index (χ1) is 7.99. The third kappa shape index (κ3) is 5.19. The zero-order valence-corrected chi connectivity index (χ0v) is 11.4. The summed E-state index contributed by atoms with van der Waals surface area (Å²) < 4.78 is 6.44. The van der Waals surface area contributed by atoms with Crippen LogP contribution in [0.15, 0.2) is 22.7 Å². The van der Waals surface area contributed by atoms with Crippen molar-refractivity contribution >= 4 is 21.8 Å². The Morgan fingerprint density at radius 2 is 2.24 bits per heavy atom. The van der Waals surface area contributed by atoms with Gasteiger partial charge >= 0.3 is 0 Å². The zero-order chi connectivity index (χ0) is 12.8. The Morgan fingerprint density at radius 1 is 1.53 bits per heavy atom. The van der Waals surface area contributed by atoms with E-state index in [0.717, 1.165) is 22.2 Å². The molecule has 4 nitrogen and oxygen atoms in total. The smallest absolute Gasteiger partial charge is 0.220 e. The quantitative estimate of drug-likeness (QED) is 0.837. The Kier molecular flexibility index (Phi) is 5.44. The number of halogens is 1. The molecule has 1 atom stereocenters. The second-order valence-electron chi connectivity index (χ2n) is 4.00. The van der Waals surface area contributed by atoms with Crippen LogP contribution in [-0.2, 0) is 11.2 Å². The molecule has 0 saturated carbocycles. The van der Waals surface area contributed by atoms with E-state index in [1.165, 1.54) is 0 Å². The number of hydrogen-bond acceptors (Lipinski definition) is 3. The number of primary amides is 1. The van der Waals surface area contributed by atoms with E-state index in [9.17, 15) is 4.79 Å². The van der Waals surface area contributed by atoms with E-state index >= 15 is 0 Å². The van der Waals surface area contributed by atoms with Crippen LogP contribution in [0.5, 0.6) is 5.75 Å². The SMILES string of the molecule is CC(N)Cc1cc(OCCC(N)=O)ccc1Br. The monoisotopic (exact) mass is 300 g/mol. The summed E-state index contributed by atoms with van der Waals surface area (Å²) in [6.45, 7) is 2.25. The van der Waals surface area contributed by atoms with Crippen molar-refractivity contribution in [2.45, 2.75) is 25.8 Å². The van der Waals surface area contributed by atoms with Gasteiger partial charge in [0.1, 0.15) is 5.75 Å². The van der Waals surface area contributed by atoms with Gasteiger partial charge < -0.3 is 16.2 Å². The van der Waals surface area contributed by atoms with E-state index < -0.39 is 0 Å². The molecule has 17 heavy (non-hydrogen) atoms. The minimum absolute atomic E-state index is 0.0900. The molecule has 0 fully saturated rings. The summed E-state index contributed by atoms with van der Waals surface area (Å²) in [5.74, 6) is 0.364. The fourth-order valence-corrected chi connectivity index (χ4v) is 1.82. The maximum atomic E-state index is 10.6. The fourth-order valence-electron chi connectivity index (χ4n) is 1.41. The van der Waals surface area contributed by atoms with Crippen LogP contribution >= 0.6 is 15.9 Å². The molecule has 4 N–H and O–H groups in total. The highest BCUT2D eigenvalue weighted by atomic mass is 79.9. The van der Waals surface area contributed by atoms with Crippen LogP contribution in [0.2, 0.25) is 0 Å². The number of benzene rings is 1. The second kappa shape index (κ2) is 6.61. The molecule has 0 aromatic heterocycles. The van der Waals surface area contributed by atoms with Gasteiger partial charge in [-0.15, -0.1) is 0 Å². The molecule has 1 aromatic carbocycles. The number of nitrogens with two attached hydrogens (primary N) is 2. The average Bonchev–Trinajstić information content (AvgIpc) is 2.21. The van der Waals surface area contributed by atoms with Crippen LogP contribution < -0.4 is 16.2 Å². The summed E-state index contributed by atoms with van der Waals surface area (Å²) in [6, 6.07) is 5.77. The fraction of sp³-hybridized carbons (Fsp3) is 0.417. The maximum absolute atomic E-state index is 10.6. The number of ether oxygens (including phenoxy) is 1. The van der Waals surface area contributed by atoms with Gasteiger partial charge in [-0.3, -0.25) is 4.79 Å². The normalized spacial score (nSPS) is 12.2. The Morgan fingerprint density at radius 3 is 2.82 bits per heavy atom. The van der Waals surface area contributed by atoms with Gasteiger partial charge in [0.2, 0.25) is 5.91 Å². The number of carbonyl (C=O) groups excluding carboxylic acids is 1. The molecule has 0 bridgehead atoms. The summed E-state index contributed by atoms with van der Waals surface area (Å²) in [5.41, 5.74) is 11.9. The zero-order valence-electron chi connectivity index (χ0n) is 9.78. The molecule has 1 unspecified atom stereocenters. The summed E-state index contributed by atoms with van der Waals surface area (Å²) >= 11 is 3.47. The Balaban J connectivity index is 2.64. The molecule has 1 rings (SSSR count). The third-order valence-electron chi connectivity index (χ3n) is 2.18. The summed E-state index contributed by atoms with van der Waals surface area (Å²) in [7, 11) is 0. The number of carbonyl (C=O) groups is 1. The highest BCUT2D eigenvalue weighted by Crippen LogP contribution is 2.23.